The third-order valence-corrected chi connectivity index (χ3v) is 7.57. The van der Waals surface area contributed by atoms with E-state index in [-0.39, 0.29) is 23.2 Å². The molecule has 1 aromatic rings. The van der Waals surface area contributed by atoms with Crippen LogP contribution in [0.5, 0.6) is 0 Å². The van der Waals surface area contributed by atoms with E-state index in [1.807, 2.05) is 11.1 Å². The molecule has 3 saturated carbocycles. The second-order valence-corrected chi connectivity index (χ2v) is 9.65. The van der Waals surface area contributed by atoms with Crippen LogP contribution in [0.25, 0.3) is 0 Å². The third-order valence-electron chi connectivity index (χ3n) is 7.57. The van der Waals surface area contributed by atoms with Gasteiger partial charge in [0.15, 0.2) is 6.17 Å². The van der Waals surface area contributed by atoms with Gasteiger partial charge in [-0.15, -0.1) is 0 Å². The predicted octanol–water partition coefficient (Wildman–Crippen LogP) is 1.86. The Hall–Kier alpha value is -3.31. The second kappa shape index (κ2) is 7.10. The molecule has 1 unspecified atom stereocenters. The molecular formula is C24H27N7O. The molecule has 3 aliphatic carbocycles. The molecule has 164 valence electrons. The normalized spacial score (nSPS) is 31.1. The summed E-state index contributed by atoms with van der Waals surface area (Å²) in [6.07, 6.45) is 6.24. The van der Waals surface area contributed by atoms with E-state index in [1.54, 1.807) is 6.08 Å². The van der Waals surface area contributed by atoms with E-state index in [1.165, 1.54) is 5.69 Å². The van der Waals surface area contributed by atoms with Crippen LogP contribution in [0.4, 0.5) is 11.4 Å². The highest BCUT2D eigenvalue weighted by Crippen LogP contribution is 2.62. The van der Waals surface area contributed by atoms with Crippen LogP contribution in [-0.2, 0) is 4.79 Å². The first kappa shape index (κ1) is 19.4. The number of benzene rings is 1. The summed E-state index contributed by atoms with van der Waals surface area (Å²) in [5, 5.41) is 16.0. The van der Waals surface area contributed by atoms with Crippen LogP contribution >= 0.6 is 0 Å². The van der Waals surface area contributed by atoms with Crippen molar-refractivity contribution in [1.29, 1.82) is 5.26 Å². The van der Waals surface area contributed by atoms with Crippen molar-refractivity contribution in [1.82, 2.24) is 15.1 Å². The number of piperazine rings is 1. The predicted molar refractivity (Wildman–Crippen MR) is 123 cm³/mol. The first-order chi connectivity index (χ1) is 15.5. The lowest BCUT2D eigenvalue weighted by Crippen LogP contribution is -2.72. The SMILES string of the molecule is CN1CCN(c2ccc(NC3=NC4C(=CN3)C=C(C#N)C(=O)N4C34CC(C3)C4)cc2)CC1. The van der Waals surface area contributed by atoms with Gasteiger partial charge in [0.25, 0.3) is 5.91 Å². The molecule has 1 saturated heterocycles. The zero-order valence-electron chi connectivity index (χ0n) is 18.2. The van der Waals surface area contributed by atoms with Gasteiger partial charge >= 0.3 is 0 Å². The Labute approximate surface area is 187 Å². The maximum atomic E-state index is 13.0. The highest BCUT2D eigenvalue weighted by molar-refractivity contribution is 6.02. The summed E-state index contributed by atoms with van der Waals surface area (Å²) in [7, 11) is 2.16. The minimum atomic E-state index is -0.380. The number of anilines is 2. The number of amides is 1. The van der Waals surface area contributed by atoms with Crippen molar-refractivity contribution in [3.8, 4) is 6.07 Å². The smallest absolute Gasteiger partial charge is 0.266 e. The van der Waals surface area contributed by atoms with Gasteiger partial charge in [-0.1, -0.05) is 0 Å². The van der Waals surface area contributed by atoms with Crippen LogP contribution in [0.2, 0.25) is 0 Å². The Morgan fingerprint density at radius 3 is 2.50 bits per heavy atom. The second-order valence-electron chi connectivity index (χ2n) is 9.65. The number of fused-ring (bicyclic) bond motifs is 1. The van der Waals surface area contributed by atoms with Crippen LogP contribution in [0.1, 0.15) is 19.3 Å². The number of nitriles is 1. The molecule has 2 bridgehead atoms. The average Bonchev–Trinajstić information content (AvgIpc) is 2.74. The van der Waals surface area contributed by atoms with E-state index in [4.69, 9.17) is 4.99 Å². The van der Waals surface area contributed by atoms with Gasteiger partial charge in [-0.2, -0.15) is 5.26 Å². The van der Waals surface area contributed by atoms with Crippen LogP contribution in [-0.4, -0.2) is 66.6 Å². The number of rotatable bonds is 3. The fourth-order valence-electron chi connectivity index (χ4n) is 5.56. The summed E-state index contributed by atoms with van der Waals surface area (Å²) in [5.74, 6) is 1.16. The van der Waals surface area contributed by atoms with E-state index < -0.39 is 0 Å². The minimum Gasteiger partial charge on any atom is -0.369 e. The van der Waals surface area contributed by atoms with E-state index in [9.17, 15) is 10.1 Å². The molecule has 32 heavy (non-hydrogen) atoms. The number of aliphatic imine (C=N–C) groups is 1. The van der Waals surface area contributed by atoms with E-state index in [0.29, 0.717) is 5.96 Å². The molecule has 0 aromatic heterocycles. The molecule has 8 nitrogen and oxygen atoms in total. The quantitative estimate of drug-likeness (QED) is 0.763. The summed E-state index contributed by atoms with van der Waals surface area (Å²) >= 11 is 0. The van der Waals surface area contributed by atoms with Crippen molar-refractivity contribution in [2.45, 2.75) is 31.0 Å². The molecule has 2 N–H and O–H groups in total. The van der Waals surface area contributed by atoms with E-state index >= 15 is 0 Å². The Morgan fingerprint density at radius 2 is 1.88 bits per heavy atom. The fraction of sp³-hybridized carbons (Fsp3) is 0.458. The minimum absolute atomic E-state index is 0.113. The highest BCUT2D eigenvalue weighted by Gasteiger charge is 2.63. The Kier molecular flexibility index (Phi) is 4.30. The lowest BCUT2D eigenvalue weighted by Gasteiger charge is -2.67. The van der Waals surface area contributed by atoms with Crippen molar-refractivity contribution in [2.24, 2.45) is 10.9 Å². The molecule has 6 aliphatic rings. The van der Waals surface area contributed by atoms with E-state index in [2.05, 4.69) is 57.8 Å². The van der Waals surface area contributed by atoms with Gasteiger partial charge in [0.2, 0.25) is 5.96 Å². The number of carbonyl (C=O) groups excluding carboxylic acids is 1. The molecule has 1 atom stereocenters. The number of hydrogen-bond donors (Lipinski definition) is 2. The molecule has 0 radical (unpaired) electrons. The summed E-state index contributed by atoms with van der Waals surface area (Å²) < 4.78 is 0. The zero-order valence-corrected chi connectivity index (χ0v) is 18.2. The molecule has 1 amide bonds. The Morgan fingerprint density at radius 1 is 1.16 bits per heavy atom. The van der Waals surface area contributed by atoms with Gasteiger partial charge in [-0.3, -0.25) is 4.79 Å². The first-order valence-electron chi connectivity index (χ1n) is 11.4. The lowest BCUT2D eigenvalue weighted by atomic mass is 9.48. The molecule has 1 aromatic carbocycles. The van der Waals surface area contributed by atoms with Crippen molar-refractivity contribution in [3.05, 3.63) is 47.7 Å². The number of nitrogens with zero attached hydrogens (tertiary/aromatic N) is 5. The number of hydrogen-bond acceptors (Lipinski definition) is 7. The summed E-state index contributed by atoms with van der Waals surface area (Å²) in [6.45, 7) is 4.24. The zero-order chi connectivity index (χ0) is 21.9. The Bertz CT molecular complexity index is 1070. The topological polar surface area (TPSA) is 87.0 Å². The van der Waals surface area contributed by atoms with Gasteiger partial charge in [0.05, 0.1) is 0 Å². The number of likely N-dealkylation sites (N-methyl/N-ethyl adjacent to an activating group) is 1. The maximum absolute atomic E-state index is 13.0. The Balaban J connectivity index is 1.20. The van der Waals surface area contributed by atoms with Crippen molar-refractivity contribution < 1.29 is 4.79 Å². The average molecular weight is 430 g/mol. The molecule has 0 spiro atoms. The number of nitrogens with one attached hydrogen (secondary N) is 2. The molecular weight excluding hydrogens is 402 g/mol. The molecule has 3 aliphatic heterocycles. The fourth-order valence-corrected chi connectivity index (χ4v) is 5.56. The standard InChI is InChI=1S/C24H27N7O/c1-29-6-8-30(9-7-29)20-4-2-19(3-5-20)27-23-26-15-18-10-17(14-25)22(32)31(21(18)28-23)24-11-16(12-24)13-24/h2-5,10,15-16,21H,6-9,11-13H2,1H3,(H2,26,27,28). The van der Waals surface area contributed by atoms with Gasteiger partial charge in [-0.25, -0.2) is 4.99 Å². The number of carbonyl (C=O) groups is 1. The summed E-state index contributed by atoms with van der Waals surface area (Å²) in [6, 6.07) is 10.5. The van der Waals surface area contributed by atoms with Crippen LogP contribution in [0, 0.1) is 17.2 Å². The van der Waals surface area contributed by atoms with Gasteiger partial charge in [0, 0.05) is 54.9 Å². The monoisotopic (exact) mass is 429 g/mol. The maximum Gasteiger partial charge on any atom is 0.266 e. The lowest BCUT2D eigenvalue weighted by molar-refractivity contribution is -0.174. The van der Waals surface area contributed by atoms with Crippen LogP contribution < -0.4 is 15.5 Å². The van der Waals surface area contributed by atoms with Crippen LogP contribution in [0.3, 0.4) is 0 Å². The molecule has 7 rings (SSSR count). The highest BCUT2D eigenvalue weighted by atomic mass is 16.2. The molecule has 8 heteroatoms. The van der Waals surface area contributed by atoms with Crippen molar-refractivity contribution in [3.63, 3.8) is 0 Å². The largest absolute Gasteiger partial charge is 0.369 e. The van der Waals surface area contributed by atoms with Crippen molar-refractivity contribution in [2.75, 3.05) is 43.4 Å². The van der Waals surface area contributed by atoms with Crippen molar-refractivity contribution >= 4 is 23.2 Å². The molecule has 4 fully saturated rings. The van der Waals surface area contributed by atoms with E-state index in [0.717, 1.165) is 62.6 Å². The summed E-state index contributed by atoms with van der Waals surface area (Å²) in [5.41, 5.74) is 3.12. The van der Waals surface area contributed by atoms with Gasteiger partial charge in [0.1, 0.15) is 11.6 Å². The summed E-state index contributed by atoms with van der Waals surface area (Å²) in [4.78, 5) is 24.5. The first-order valence-corrected chi connectivity index (χ1v) is 11.4. The third kappa shape index (κ3) is 3.00. The molecule has 3 heterocycles. The van der Waals surface area contributed by atoms with Crippen LogP contribution in [0.15, 0.2) is 52.7 Å². The number of guanidine groups is 1. The van der Waals surface area contributed by atoms with Gasteiger partial charge in [-0.05, 0) is 62.6 Å². The van der Waals surface area contributed by atoms with Gasteiger partial charge < -0.3 is 25.3 Å².